The highest BCUT2D eigenvalue weighted by molar-refractivity contribution is 6.34. The Bertz CT molecular complexity index is 2660. The van der Waals surface area contributed by atoms with Crippen molar-refractivity contribution in [3.05, 3.63) is 100 Å². The van der Waals surface area contributed by atoms with E-state index in [2.05, 4.69) is 58.4 Å². The zero-order valence-corrected chi connectivity index (χ0v) is 45.5. The third-order valence-electron chi connectivity index (χ3n) is 16.6. The molecular formula is C58H78N6O11. The fourth-order valence-corrected chi connectivity index (χ4v) is 11.8. The van der Waals surface area contributed by atoms with Crippen molar-refractivity contribution in [2.24, 2.45) is 34.6 Å². The van der Waals surface area contributed by atoms with Crippen LogP contribution >= 0.6 is 0 Å². The SMILES string of the molecule is CO[C@H]1/C=C/O[C@@]2(C)Oc3c(C)c(O)c4c(c3C2=O)C2=NC3(CCN(CC(C)C)CC3)NC2=C(NC(=O)/C(C)=C\C=C\[C@H](C)[C@H](O)[C@@H](C)[C@@H](O)[C@@H](C)[C@H](OC(=O)CN2CCC(N(C)c3ccccc3)CC2)[C@@H]1C)C4=O. The number of benzene rings is 2. The van der Waals surface area contributed by atoms with Gasteiger partial charge in [0, 0.05) is 119 Å². The number of hydrogen-bond donors (Lipinski definition) is 5. The number of aliphatic hydroxyl groups excluding tert-OH is 2. The average Bonchev–Trinajstić information content (AvgIpc) is 3.95. The second-order valence-electron chi connectivity index (χ2n) is 22.4. The molecular weight excluding hydrogens is 957 g/mol. The number of phenols is 1. The van der Waals surface area contributed by atoms with E-state index in [0.717, 1.165) is 25.1 Å². The molecule has 7 aliphatic rings. The number of fused-ring (bicyclic) bond motifs is 13. The minimum Gasteiger partial charge on any atom is -0.507 e. The number of rotatable bonds is 8. The highest BCUT2D eigenvalue weighted by atomic mass is 16.7. The monoisotopic (exact) mass is 1030 g/mol. The lowest BCUT2D eigenvalue weighted by atomic mass is 9.78. The van der Waals surface area contributed by atoms with Gasteiger partial charge in [0.25, 0.3) is 11.7 Å². The minimum atomic E-state index is -2.00. The molecule has 9 rings (SSSR count). The Labute approximate surface area is 441 Å². The van der Waals surface area contributed by atoms with E-state index < -0.39 is 88.7 Å². The first-order valence-corrected chi connectivity index (χ1v) is 26.7. The number of ether oxygens (including phenoxy) is 4. The van der Waals surface area contributed by atoms with Crippen LogP contribution in [-0.2, 0) is 23.8 Å². The number of amides is 1. The van der Waals surface area contributed by atoms with Gasteiger partial charge in [-0.05, 0) is 50.8 Å². The molecule has 6 aliphatic heterocycles. The van der Waals surface area contributed by atoms with Crippen LogP contribution in [0.3, 0.4) is 0 Å². The van der Waals surface area contributed by atoms with Crippen LogP contribution in [0.25, 0.3) is 0 Å². The summed E-state index contributed by atoms with van der Waals surface area (Å²) < 4.78 is 25.0. The Hall–Kier alpha value is -5.85. The number of aromatic hydroxyl groups is 1. The van der Waals surface area contributed by atoms with Gasteiger partial charge in [-0.25, -0.2) is 0 Å². The van der Waals surface area contributed by atoms with Crippen molar-refractivity contribution in [3.8, 4) is 11.5 Å². The number of hydrogen-bond acceptors (Lipinski definition) is 16. The minimum absolute atomic E-state index is 0.0160. The molecule has 75 heavy (non-hydrogen) atoms. The van der Waals surface area contributed by atoms with Crippen molar-refractivity contribution in [2.75, 3.05) is 58.3 Å². The van der Waals surface area contributed by atoms with Crippen LogP contribution < -0.4 is 20.3 Å². The summed E-state index contributed by atoms with van der Waals surface area (Å²) in [4.78, 5) is 70.0. The molecule has 5 bridgehead atoms. The highest BCUT2D eigenvalue weighted by Crippen LogP contribution is 2.50. The normalized spacial score (nSPS) is 31.4. The first-order valence-electron chi connectivity index (χ1n) is 26.7. The van der Waals surface area contributed by atoms with Crippen LogP contribution in [-0.4, -0.2) is 150 Å². The van der Waals surface area contributed by atoms with Gasteiger partial charge < -0.3 is 54.7 Å². The van der Waals surface area contributed by atoms with Crippen LogP contribution in [0.1, 0.15) is 113 Å². The van der Waals surface area contributed by atoms with Gasteiger partial charge >= 0.3 is 11.8 Å². The number of phenolic OH excluding ortho intramolecular Hbond substituents is 1. The lowest BCUT2D eigenvalue weighted by Crippen LogP contribution is -2.50. The molecule has 1 spiro atoms. The fourth-order valence-electron chi connectivity index (χ4n) is 11.8. The number of aliphatic hydroxyl groups is 2. The first kappa shape index (κ1) is 55.4. The van der Waals surface area contributed by atoms with Crippen LogP contribution in [0.15, 0.2) is 82.9 Å². The van der Waals surface area contributed by atoms with Crippen LogP contribution in [0, 0.1) is 36.5 Å². The zero-order chi connectivity index (χ0) is 54.3. The molecule has 2 saturated heterocycles. The number of nitrogens with zero attached hydrogens (tertiary/aromatic N) is 4. The fraction of sp³-hybridized carbons (Fsp3) is 0.569. The number of carbonyl (C=O) groups is 4. The Morgan fingerprint density at radius 1 is 0.907 bits per heavy atom. The topological polar surface area (TPSA) is 212 Å². The molecule has 2 aromatic rings. The van der Waals surface area contributed by atoms with E-state index in [4.69, 9.17) is 23.9 Å². The zero-order valence-electron chi connectivity index (χ0n) is 45.5. The quantitative estimate of drug-likeness (QED) is 0.187. The van der Waals surface area contributed by atoms with E-state index in [1.54, 1.807) is 58.9 Å². The number of nitrogens with one attached hydrogen (secondary N) is 2. The predicted molar refractivity (Wildman–Crippen MR) is 285 cm³/mol. The van der Waals surface area contributed by atoms with Gasteiger partial charge in [-0.3, -0.25) is 29.1 Å². The van der Waals surface area contributed by atoms with Gasteiger partial charge in [0.15, 0.2) is 0 Å². The predicted octanol–water partition coefficient (Wildman–Crippen LogP) is 6.20. The van der Waals surface area contributed by atoms with Crippen molar-refractivity contribution >= 4 is 34.8 Å². The Kier molecular flexibility index (Phi) is 16.5. The molecule has 2 fully saturated rings. The van der Waals surface area contributed by atoms with Gasteiger partial charge in [0.2, 0.25) is 5.78 Å². The third-order valence-corrected chi connectivity index (χ3v) is 16.6. The Morgan fingerprint density at radius 3 is 2.24 bits per heavy atom. The van der Waals surface area contributed by atoms with Crippen molar-refractivity contribution < 1.29 is 53.4 Å². The maximum absolute atomic E-state index is 15.0. The number of methoxy groups -OCH3 is 1. The number of para-hydroxylation sites is 1. The molecule has 406 valence electrons. The second kappa shape index (κ2) is 22.4. The van der Waals surface area contributed by atoms with Gasteiger partial charge in [-0.2, -0.15) is 0 Å². The largest absolute Gasteiger partial charge is 0.507 e. The van der Waals surface area contributed by atoms with E-state index in [9.17, 15) is 34.5 Å². The van der Waals surface area contributed by atoms with Crippen molar-refractivity contribution in [1.29, 1.82) is 0 Å². The molecule has 2 aromatic carbocycles. The number of esters is 1. The molecule has 17 heteroatoms. The summed E-state index contributed by atoms with van der Waals surface area (Å²) in [6.45, 7) is 19.8. The van der Waals surface area contributed by atoms with Gasteiger partial charge in [0.1, 0.15) is 29.0 Å². The molecule has 0 radical (unpaired) electrons. The number of Topliss-reactive ketones (excluding diaryl/α,β-unsaturated/α-hetero) is 2. The summed E-state index contributed by atoms with van der Waals surface area (Å²) in [5.74, 6) is -6.87. The van der Waals surface area contributed by atoms with Crippen molar-refractivity contribution in [1.82, 2.24) is 20.4 Å². The molecule has 9 atom stereocenters. The van der Waals surface area contributed by atoms with E-state index in [1.165, 1.54) is 20.3 Å². The maximum atomic E-state index is 15.0. The lowest BCUT2D eigenvalue weighted by molar-refractivity contribution is -0.164. The number of anilines is 1. The summed E-state index contributed by atoms with van der Waals surface area (Å²) in [6.07, 6.45) is 6.73. The summed E-state index contributed by atoms with van der Waals surface area (Å²) >= 11 is 0. The molecule has 5 N–H and O–H groups in total. The van der Waals surface area contributed by atoms with E-state index in [-0.39, 0.29) is 57.2 Å². The van der Waals surface area contributed by atoms with Crippen LogP contribution in [0.4, 0.5) is 5.69 Å². The molecule has 6 heterocycles. The summed E-state index contributed by atoms with van der Waals surface area (Å²) in [7, 11) is 3.59. The second-order valence-corrected chi connectivity index (χ2v) is 22.4. The van der Waals surface area contributed by atoms with Gasteiger partial charge in [0.05, 0.1) is 53.7 Å². The van der Waals surface area contributed by atoms with Crippen molar-refractivity contribution in [3.63, 3.8) is 0 Å². The summed E-state index contributed by atoms with van der Waals surface area (Å²) in [6, 6.07) is 10.5. The Morgan fingerprint density at radius 2 is 1.59 bits per heavy atom. The number of likely N-dealkylation sites (tertiary alicyclic amines) is 2. The van der Waals surface area contributed by atoms with E-state index in [1.807, 2.05) is 25.1 Å². The maximum Gasteiger partial charge on any atom is 0.320 e. The van der Waals surface area contributed by atoms with E-state index in [0.29, 0.717) is 51.0 Å². The summed E-state index contributed by atoms with van der Waals surface area (Å²) in [5, 5.41) is 42.1. The van der Waals surface area contributed by atoms with Crippen LogP contribution in [0.2, 0.25) is 0 Å². The highest BCUT2D eigenvalue weighted by Gasteiger charge is 2.54. The average molecular weight is 1040 g/mol. The molecule has 1 amide bonds. The molecule has 17 nitrogen and oxygen atoms in total. The lowest BCUT2D eigenvalue weighted by Gasteiger charge is -2.39. The number of aliphatic imine (C=N–C) groups is 1. The Balaban J connectivity index is 1.12. The number of piperidine rings is 2. The third kappa shape index (κ3) is 11.1. The smallest absolute Gasteiger partial charge is 0.320 e. The first-order chi connectivity index (χ1) is 35.6. The molecule has 1 aliphatic carbocycles. The van der Waals surface area contributed by atoms with Crippen molar-refractivity contribution in [2.45, 2.75) is 130 Å². The van der Waals surface area contributed by atoms with Gasteiger partial charge in [-0.1, -0.05) is 78.0 Å². The summed E-state index contributed by atoms with van der Waals surface area (Å²) in [5.41, 5.74) is 0.926. The number of carbonyl (C=O) groups excluding carboxylic acids is 4. The molecule has 0 unspecified atom stereocenters. The number of allylic oxidation sites excluding steroid dienone is 4. The number of ketones is 2. The molecule has 0 saturated carbocycles. The molecule has 0 aromatic heterocycles. The standard InChI is InChI=1S/C58H78N6O11/c1-32(2)30-64-27-23-58(24-28-64)60-46-43-44-51(68)38(8)54-45(43)55(70)57(9,75-54)73-29-22-41(72-11)35(5)53(74-42(65)31-63-25-20-40(21-26-63)62(10)39-18-13-12-14-19-39)37(7)50(67)36(6)49(66)33(3)16-15-17-34(4)56(71)59-48(52(44)69)47(46)61-58/h12-19,22,29,32-33,35-37,40-41,49-50,53,61,66-68H,20-21,23-28,30-31H2,1-11H3,(H,59,71)/b16-15+,29-22+,34-17-/t33-,35+,36+,37+,41-,49-,50+,53+,57-/m0/s1. The van der Waals surface area contributed by atoms with E-state index >= 15 is 0 Å². The van der Waals surface area contributed by atoms with Gasteiger partial charge in [-0.15, -0.1) is 0 Å². The van der Waals surface area contributed by atoms with Crippen LogP contribution in [0.5, 0.6) is 11.5 Å².